The van der Waals surface area contributed by atoms with Gasteiger partial charge in [0, 0.05) is 0 Å². The van der Waals surface area contributed by atoms with Crippen molar-refractivity contribution in [1.82, 2.24) is 0 Å². The number of hydrogen-bond acceptors (Lipinski definition) is 1. The first-order chi connectivity index (χ1) is 6.65. The number of hydrogen-bond donors (Lipinski definition) is 0. The van der Waals surface area contributed by atoms with E-state index in [1.165, 1.54) is 0 Å². The van der Waals surface area contributed by atoms with Gasteiger partial charge in [0.15, 0.2) is 0 Å². The molecular weight excluding hydrogens is 217 g/mol. The molecule has 1 aromatic rings. The summed E-state index contributed by atoms with van der Waals surface area (Å²) in [6.07, 6.45) is 1.76. The van der Waals surface area contributed by atoms with Gasteiger partial charge in [-0.15, -0.1) is 0 Å². The first kappa shape index (κ1) is 11.5. The lowest BCUT2D eigenvalue weighted by atomic mass is 10.0. The Bertz CT molecular complexity index is 359. The van der Waals surface area contributed by atoms with Gasteiger partial charge in [0.05, 0.1) is 15.7 Å². The molecule has 1 aromatic carbocycles. The van der Waals surface area contributed by atoms with Crippen molar-refractivity contribution in [1.29, 1.82) is 0 Å². The molecule has 0 saturated heterocycles. The van der Waals surface area contributed by atoms with Gasteiger partial charge in [0.1, 0.15) is 0 Å². The van der Waals surface area contributed by atoms with Crippen molar-refractivity contribution in [3.63, 3.8) is 0 Å². The molecule has 1 rings (SSSR count). The van der Waals surface area contributed by atoms with E-state index in [0.29, 0.717) is 10.0 Å². The topological polar surface area (TPSA) is 12.4 Å². The second-order valence-corrected chi connectivity index (χ2v) is 3.80. The highest BCUT2D eigenvalue weighted by Gasteiger charge is 2.12. The van der Waals surface area contributed by atoms with Crippen molar-refractivity contribution < 1.29 is 0 Å². The smallest absolute Gasteiger partial charge is 0.0672 e. The van der Waals surface area contributed by atoms with E-state index in [9.17, 15) is 0 Å². The van der Waals surface area contributed by atoms with Gasteiger partial charge in [-0.05, 0) is 36.8 Å². The molecule has 0 aliphatic rings. The van der Waals surface area contributed by atoms with Crippen LogP contribution in [0.2, 0.25) is 10.0 Å². The third-order valence-corrected chi connectivity index (χ3v) is 3.12. The molecule has 0 spiro atoms. The Morgan fingerprint density at radius 3 is 2.21 bits per heavy atom. The molecule has 1 nitrogen and oxygen atoms in total. The minimum atomic E-state index is 0.558. The van der Waals surface area contributed by atoms with E-state index in [2.05, 4.69) is 25.6 Å². The molecule has 0 unspecified atom stereocenters. The molecule has 3 heteroatoms. The van der Waals surface area contributed by atoms with Gasteiger partial charge in [0.25, 0.3) is 0 Å². The zero-order valence-electron chi connectivity index (χ0n) is 8.40. The quantitative estimate of drug-likeness (QED) is 0.680. The Kier molecular flexibility index (Phi) is 3.97. The average molecular weight is 230 g/mol. The molecule has 0 amide bonds. The van der Waals surface area contributed by atoms with E-state index in [-0.39, 0.29) is 0 Å². The highest BCUT2D eigenvalue weighted by molar-refractivity contribution is 6.42. The summed E-state index contributed by atoms with van der Waals surface area (Å²) in [5.74, 6) is 0. The molecule has 14 heavy (non-hydrogen) atoms. The maximum Gasteiger partial charge on any atom is 0.0672 e. The van der Waals surface area contributed by atoms with Crippen LogP contribution >= 0.6 is 23.2 Å². The lowest BCUT2D eigenvalue weighted by Crippen LogP contribution is -1.93. The Hall–Kier alpha value is -0.530. The van der Waals surface area contributed by atoms with Crippen LogP contribution in [0.4, 0.5) is 5.69 Å². The summed E-state index contributed by atoms with van der Waals surface area (Å²) in [6.45, 7) is 7.67. The second kappa shape index (κ2) is 4.81. The Labute approximate surface area is 94.8 Å². The van der Waals surface area contributed by atoms with Crippen LogP contribution in [0, 0.1) is 0 Å². The van der Waals surface area contributed by atoms with E-state index in [0.717, 1.165) is 29.7 Å². The maximum absolute atomic E-state index is 6.11. The third-order valence-electron chi connectivity index (χ3n) is 2.29. The SMILES string of the molecule is C=Nc1cc(Cl)c(Cl)c(CC)c1CC. The molecule has 76 valence electrons. The second-order valence-electron chi connectivity index (χ2n) is 3.01. The van der Waals surface area contributed by atoms with Crippen LogP contribution in [0.5, 0.6) is 0 Å². The Balaban J connectivity index is 3.49. The average Bonchev–Trinajstić information content (AvgIpc) is 2.20. The predicted octanol–water partition coefficient (Wildman–Crippen LogP) is 4.45. The van der Waals surface area contributed by atoms with Crippen LogP contribution in [0.25, 0.3) is 0 Å². The van der Waals surface area contributed by atoms with Gasteiger partial charge >= 0.3 is 0 Å². The third kappa shape index (κ3) is 1.94. The van der Waals surface area contributed by atoms with Crippen molar-refractivity contribution in [2.45, 2.75) is 26.7 Å². The Morgan fingerprint density at radius 2 is 1.79 bits per heavy atom. The van der Waals surface area contributed by atoms with E-state index >= 15 is 0 Å². The van der Waals surface area contributed by atoms with Crippen LogP contribution < -0.4 is 0 Å². The lowest BCUT2D eigenvalue weighted by molar-refractivity contribution is 1.04. The standard InChI is InChI=1S/C11H13Cl2N/c1-4-7-8(5-2)11(13)9(12)6-10(7)14-3/h6H,3-5H2,1-2H3. The van der Waals surface area contributed by atoms with Gasteiger partial charge < -0.3 is 0 Å². The van der Waals surface area contributed by atoms with Gasteiger partial charge in [0.2, 0.25) is 0 Å². The molecule has 0 fully saturated rings. The normalized spacial score (nSPS) is 10.3. The van der Waals surface area contributed by atoms with Gasteiger partial charge in [-0.3, -0.25) is 4.99 Å². The van der Waals surface area contributed by atoms with Crippen molar-refractivity contribution in [2.24, 2.45) is 4.99 Å². The summed E-state index contributed by atoms with van der Waals surface area (Å²) in [7, 11) is 0. The largest absolute Gasteiger partial charge is 0.264 e. The van der Waals surface area contributed by atoms with E-state index in [1.54, 1.807) is 6.07 Å². The summed E-state index contributed by atoms with van der Waals surface area (Å²) >= 11 is 12.1. The maximum atomic E-state index is 6.11. The molecular formula is C11H13Cl2N. The molecule has 0 aromatic heterocycles. The van der Waals surface area contributed by atoms with Crippen molar-refractivity contribution in [2.75, 3.05) is 0 Å². The lowest BCUT2D eigenvalue weighted by Gasteiger charge is -2.12. The highest BCUT2D eigenvalue weighted by atomic mass is 35.5. The van der Waals surface area contributed by atoms with Crippen LogP contribution in [0.15, 0.2) is 11.1 Å². The highest BCUT2D eigenvalue weighted by Crippen LogP contribution is 2.35. The molecule has 0 N–H and O–H groups in total. The fraction of sp³-hybridized carbons (Fsp3) is 0.364. The number of halogens is 2. The van der Waals surface area contributed by atoms with Crippen LogP contribution in [-0.2, 0) is 12.8 Å². The first-order valence-electron chi connectivity index (χ1n) is 4.62. The number of rotatable bonds is 3. The number of aliphatic imine (C=N–C) groups is 1. The van der Waals surface area contributed by atoms with Gasteiger partial charge in [-0.25, -0.2) is 0 Å². The fourth-order valence-corrected chi connectivity index (χ4v) is 2.13. The number of benzene rings is 1. The monoisotopic (exact) mass is 229 g/mol. The minimum Gasteiger partial charge on any atom is -0.264 e. The molecule has 0 bridgehead atoms. The van der Waals surface area contributed by atoms with Gasteiger partial charge in [-0.2, -0.15) is 0 Å². The molecule has 0 radical (unpaired) electrons. The van der Waals surface area contributed by atoms with E-state index in [4.69, 9.17) is 23.2 Å². The van der Waals surface area contributed by atoms with Crippen molar-refractivity contribution in [3.8, 4) is 0 Å². The molecule has 0 aliphatic carbocycles. The van der Waals surface area contributed by atoms with Gasteiger partial charge in [-0.1, -0.05) is 37.0 Å². The summed E-state index contributed by atoms with van der Waals surface area (Å²) in [5.41, 5.74) is 3.08. The predicted molar refractivity (Wildman–Crippen MR) is 64.4 cm³/mol. The van der Waals surface area contributed by atoms with Crippen molar-refractivity contribution >= 4 is 35.6 Å². The van der Waals surface area contributed by atoms with Crippen LogP contribution in [-0.4, -0.2) is 6.72 Å². The number of nitrogens with zero attached hydrogens (tertiary/aromatic N) is 1. The molecule has 0 atom stereocenters. The summed E-state index contributed by atoms with van der Waals surface area (Å²) in [6, 6.07) is 1.77. The Morgan fingerprint density at radius 1 is 1.21 bits per heavy atom. The van der Waals surface area contributed by atoms with Crippen molar-refractivity contribution in [3.05, 3.63) is 27.2 Å². The van der Waals surface area contributed by atoms with Crippen LogP contribution in [0.1, 0.15) is 25.0 Å². The molecule has 0 heterocycles. The first-order valence-corrected chi connectivity index (χ1v) is 5.37. The summed E-state index contributed by atoms with van der Waals surface area (Å²) in [5, 5.41) is 1.21. The molecule has 0 saturated carbocycles. The van der Waals surface area contributed by atoms with Crippen LogP contribution in [0.3, 0.4) is 0 Å². The zero-order valence-corrected chi connectivity index (χ0v) is 9.91. The fourth-order valence-electron chi connectivity index (χ4n) is 1.61. The van der Waals surface area contributed by atoms with E-state index in [1.807, 2.05) is 0 Å². The summed E-state index contributed by atoms with van der Waals surface area (Å²) < 4.78 is 0. The molecule has 0 aliphatic heterocycles. The van der Waals surface area contributed by atoms with E-state index < -0.39 is 0 Å². The summed E-state index contributed by atoms with van der Waals surface area (Å²) in [4.78, 5) is 3.96. The zero-order chi connectivity index (χ0) is 10.7. The minimum absolute atomic E-state index is 0.558.